The number of carbonyl (C=O) groups excluding carboxylic acids is 1. The van der Waals surface area contributed by atoms with Gasteiger partial charge in [-0.1, -0.05) is 30.0 Å². The zero-order valence-corrected chi connectivity index (χ0v) is 17.6. The number of nitriles is 1. The van der Waals surface area contributed by atoms with Gasteiger partial charge in [0.25, 0.3) is 5.56 Å². The largest absolute Gasteiger partial charge is 0.495 e. The summed E-state index contributed by atoms with van der Waals surface area (Å²) in [5, 5.41) is 20.5. The van der Waals surface area contributed by atoms with E-state index in [2.05, 4.69) is 15.5 Å². The van der Waals surface area contributed by atoms with Crippen LogP contribution in [0.15, 0.2) is 52.4 Å². The molecule has 31 heavy (non-hydrogen) atoms. The van der Waals surface area contributed by atoms with Crippen LogP contribution >= 0.6 is 11.8 Å². The second kappa shape index (κ2) is 8.49. The molecular formula is C21H18N6O3S. The fourth-order valence-electron chi connectivity index (χ4n) is 3.28. The lowest BCUT2D eigenvalue weighted by Gasteiger charge is -2.14. The SMILES string of the molecule is COc1ccc(C)cc1-n1c(=O)c2ccccc2n2c(SCC(=O)NCC#N)nnc12. The molecule has 0 unspecified atom stereocenters. The molecule has 2 aromatic heterocycles. The molecule has 2 aromatic carbocycles. The van der Waals surface area contributed by atoms with Crippen molar-refractivity contribution in [1.29, 1.82) is 5.26 Å². The molecule has 0 saturated carbocycles. The van der Waals surface area contributed by atoms with Gasteiger partial charge in [0.05, 0.1) is 35.5 Å². The summed E-state index contributed by atoms with van der Waals surface area (Å²) in [6.45, 7) is 1.87. The Morgan fingerprint density at radius 3 is 2.84 bits per heavy atom. The first-order valence-corrected chi connectivity index (χ1v) is 10.3. The van der Waals surface area contributed by atoms with Crippen molar-refractivity contribution in [3.8, 4) is 17.5 Å². The van der Waals surface area contributed by atoms with E-state index in [0.717, 1.165) is 5.56 Å². The Kier molecular flexibility index (Phi) is 5.60. The van der Waals surface area contributed by atoms with E-state index in [4.69, 9.17) is 10.00 Å². The van der Waals surface area contributed by atoms with Gasteiger partial charge in [-0.05, 0) is 36.8 Å². The van der Waals surface area contributed by atoms with Crippen LogP contribution in [0.3, 0.4) is 0 Å². The monoisotopic (exact) mass is 434 g/mol. The second-order valence-electron chi connectivity index (χ2n) is 6.67. The molecule has 156 valence electrons. The van der Waals surface area contributed by atoms with Crippen molar-refractivity contribution >= 4 is 34.3 Å². The third-order valence-electron chi connectivity index (χ3n) is 4.67. The van der Waals surface area contributed by atoms with Gasteiger partial charge in [-0.2, -0.15) is 5.26 Å². The van der Waals surface area contributed by atoms with Crippen LogP contribution < -0.4 is 15.6 Å². The average molecular weight is 434 g/mol. The highest BCUT2D eigenvalue weighted by atomic mass is 32.2. The maximum absolute atomic E-state index is 13.4. The van der Waals surface area contributed by atoms with Crippen molar-refractivity contribution in [2.24, 2.45) is 0 Å². The lowest BCUT2D eigenvalue weighted by atomic mass is 10.2. The number of ether oxygens (including phenoxy) is 1. The van der Waals surface area contributed by atoms with Crippen LogP contribution in [0.2, 0.25) is 0 Å². The fourth-order valence-corrected chi connectivity index (χ4v) is 4.05. The Morgan fingerprint density at radius 1 is 1.26 bits per heavy atom. The molecule has 0 bridgehead atoms. The van der Waals surface area contributed by atoms with E-state index in [1.807, 2.05) is 37.3 Å². The van der Waals surface area contributed by atoms with Crippen LogP contribution in [0, 0.1) is 18.3 Å². The number of amides is 1. The van der Waals surface area contributed by atoms with Crippen LogP contribution in [0.4, 0.5) is 0 Å². The summed E-state index contributed by atoms with van der Waals surface area (Å²) in [4.78, 5) is 25.4. The molecular weight excluding hydrogens is 416 g/mol. The zero-order valence-electron chi connectivity index (χ0n) is 16.8. The van der Waals surface area contributed by atoms with Gasteiger partial charge in [0.2, 0.25) is 11.7 Å². The Balaban J connectivity index is 1.95. The fraction of sp³-hybridized carbons (Fsp3) is 0.190. The molecule has 0 fully saturated rings. The van der Waals surface area contributed by atoms with E-state index in [1.165, 1.54) is 16.3 Å². The van der Waals surface area contributed by atoms with E-state index in [9.17, 15) is 9.59 Å². The highest BCUT2D eigenvalue weighted by Gasteiger charge is 2.20. The number of carbonyl (C=O) groups is 1. The molecule has 0 radical (unpaired) electrons. The van der Waals surface area contributed by atoms with Crippen molar-refractivity contribution in [3.63, 3.8) is 0 Å². The van der Waals surface area contributed by atoms with Crippen molar-refractivity contribution in [2.75, 3.05) is 19.4 Å². The Bertz CT molecular complexity index is 1400. The minimum absolute atomic E-state index is 0.0592. The Hall–Kier alpha value is -3.84. The second-order valence-corrected chi connectivity index (χ2v) is 7.62. The van der Waals surface area contributed by atoms with Crippen LogP contribution in [0.25, 0.3) is 22.4 Å². The number of aryl methyl sites for hydroxylation is 1. The zero-order chi connectivity index (χ0) is 22.0. The smallest absolute Gasteiger partial charge is 0.267 e. The van der Waals surface area contributed by atoms with Gasteiger partial charge in [0.15, 0.2) is 5.16 Å². The summed E-state index contributed by atoms with van der Waals surface area (Å²) in [7, 11) is 1.54. The quantitative estimate of drug-likeness (QED) is 0.365. The molecule has 9 nitrogen and oxygen atoms in total. The number of hydrogen-bond donors (Lipinski definition) is 1. The van der Waals surface area contributed by atoms with Gasteiger partial charge >= 0.3 is 0 Å². The van der Waals surface area contributed by atoms with Gasteiger partial charge in [-0.25, -0.2) is 4.57 Å². The molecule has 0 aliphatic carbocycles. The normalized spacial score (nSPS) is 10.9. The standard InChI is InChI=1S/C21H18N6O3S/c1-13-7-8-17(30-2)16(11-13)26-19(29)14-5-3-4-6-15(14)27-20(26)24-25-21(27)31-12-18(28)23-10-9-22/h3-8,11H,10,12H2,1-2H3,(H,23,28). The minimum atomic E-state index is -0.290. The first-order valence-electron chi connectivity index (χ1n) is 9.35. The van der Waals surface area contributed by atoms with Crippen LogP contribution in [-0.2, 0) is 4.79 Å². The van der Waals surface area contributed by atoms with E-state index in [-0.39, 0.29) is 23.8 Å². The molecule has 0 spiro atoms. The van der Waals surface area contributed by atoms with E-state index < -0.39 is 0 Å². The molecule has 1 amide bonds. The van der Waals surface area contributed by atoms with Crippen molar-refractivity contribution in [2.45, 2.75) is 12.1 Å². The number of thioether (sulfide) groups is 1. The first kappa shape index (κ1) is 20.4. The molecule has 0 atom stereocenters. The predicted molar refractivity (Wildman–Crippen MR) is 117 cm³/mol. The van der Waals surface area contributed by atoms with Gasteiger partial charge in [-0.15, -0.1) is 10.2 Å². The van der Waals surface area contributed by atoms with Crippen LogP contribution in [0.5, 0.6) is 5.75 Å². The molecule has 0 aliphatic heterocycles. The van der Waals surface area contributed by atoms with E-state index in [0.29, 0.717) is 33.3 Å². The number of fused-ring (bicyclic) bond motifs is 3. The summed E-state index contributed by atoms with van der Waals surface area (Å²) >= 11 is 1.17. The summed E-state index contributed by atoms with van der Waals surface area (Å²) in [6.07, 6.45) is 0. The van der Waals surface area contributed by atoms with Crippen molar-refractivity contribution in [1.82, 2.24) is 24.5 Å². The van der Waals surface area contributed by atoms with Gasteiger partial charge in [0.1, 0.15) is 12.3 Å². The Morgan fingerprint density at radius 2 is 2.06 bits per heavy atom. The molecule has 10 heteroatoms. The minimum Gasteiger partial charge on any atom is -0.495 e. The number of rotatable bonds is 6. The highest BCUT2D eigenvalue weighted by Crippen LogP contribution is 2.27. The lowest BCUT2D eigenvalue weighted by Crippen LogP contribution is -2.25. The predicted octanol–water partition coefficient (Wildman–Crippen LogP) is 2.08. The van der Waals surface area contributed by atoms with Crippen LogP contribution in [0.1, 0.15) is 5.56 Å². The van der Waals surface area contributed by atoms with Gasteiger partial charge in [0, 0.05) is 0 Å². The van der Waals surface area contributed by atoms with Crippen molar-refractivity contribution < 1.29 is 9.53 Å². The number of hydrogen-bond acceptors (Lipinski definition) is 7. The topological polar surface area (TPSA) is 114 Å². The number of para-hydroxylation sites is 1. The van der Waals surface area contributed by atoms with E-state index >= 15 is 0 Å². The molecule has 1 N–H and O–H groups in total. The molecule has 0 aliphatic rings. The first-order chi connectivity index (χ1) is 15.0. The number of methoxy groups -OCH3 is 1. The summed E-state index contributed by atoms with van der Waals surface area (Å²) in [6, 6.07) is 14.6. The number of aromatic nitrogens is 4. The molecule has 4 rings (SSSR count). The summed E-state index contributed by atoms with van der Waals surface area (Å²) < 4.78 is 8.72. The van der Waals surface area contributed by atoms with Crippen molar-refractivity contribution in [3.05, 3.63) is 58.4 Å². The third kappa shape index (κ3) is 3.71. The lowest BCUT2D eigenvalue weighted by molar-refractivity contribution is -0.118. The number of nitrogens with zero attached hydrogens (tertiary/aromatic N) is 5. The summed E-state index contributed by atoms with van der Waals surface area (Å²) in [5.74, 6) is 0.607. The summed E-state index contributed by atoms with van der Waals surface area (Å²) in [5.41, 5.74) is 1.90. The Labute approximate surface area is 181 Å². The highest BCUT2D eigenvalue weighted by molar-refractivity contribution is 7.99. The molecule has 0 saturated heterocycles. The average Bonchev–Trinajstić information content (AvgIpc) is 3.20. The molecule has 4 aromatic rings. The van der Waals surface area contributed by atoms with Gasteiger partial charge < -0.3 is 10.1 Å². The number of benzene rings is 2. The van der Waals surface area contributed by atoms with E-state index in [1.54, 1.807) is 29.7 Å². The van der Waals surface area contributed by atoms with Gasteiger partial charge in [-0.3, -0.25) is 14.0 Å². The maximum atomic E-state index is 13.4. The number of nitrogens with one attached hydrogen (secondary N) is 1. The van der Waals surface area contributed by atoms with Crippen LogP contribution in [-0.4, -0.2) is 44.5 Å². The third-order valence-corrected chi connectivity index (χ3v) is 5.60. The maximum Gasteiger partial charge on any atom is 0.267 e. The molecule has 2 heterocycles.